The third-order valence-electron chi connectivity index (χ3n) is 5.14. The van der Waals surface area contributed by atoms with Gasteiger partial charge in [0.25, 0.3) is 11.8 Å². The summed E-state index contributed by atoms with van der Waals surface area (Å²) in [5.74, 6) is 0.340. The van der Waals surface area contributed by atoms with E-state index in [-0.39, 0.29) is 12.5 Å². The summed E-state index contributed by atoms with van der Waals surface area (Å²) in [6.07, 6.45) is 0. The molecule has 0 bridgehead atoms. The minimum Gasteiger partial charge on any atom is -0.497 e. The highest BCUT2D eigenvalue weighted by atomic mass is 35.5. The van der Waals surface area contributed by atoms with Crippen LogP contribution in [-0.2, 0) is 9.59 Å². The maximum atomic E-state index is 12.5. The van der Waals surface area contributed by atoms with Gasteiger partial charge < -0.3 is 9.47 Å². The Kier molecular flexibility index (Phi) is 6.80. The Balaban J connectivity index is 1.68. The molecule has 1 aliphatic heterocycles. The number of benzene rings is 2. The zero-order valence-corrected chi connectivity index (χ0v) is 18.5. The molecule has 2 atom stereocenters. The number of rotatable bonds is 8. The van der Waals surface area contributed by atoms with Gasteiger partial charge in [-0.05, 0) is 59.0 Å². The molecule has 31 heavy (non-hydrogen) atoms. The smallest absolute Gasteiger partial charge is 0.276 e. The second-order valence-corrected chi connectivity index (χ2v) is 8.04. The fraction of sp³-hybridized carbons (Fsp3) is 0.364. The fourth-order valence-electron chi connectivity index (χ4n) is 3.37. The van der Waals surface area contributed by atoms with Crippen LogP contribution in [0.5, 0.6) is 11.5 Å². The van der Waals surface area contributed by atoms with Crippen LogP contribution in [-0.4, -0.2) is 35.9 Å². The highest BCUT2D eigenvalue weighted by Gasteiger charge is 2.48. The van der Waals surface area contributed by atoms with Crippen molar-refractivity contribution in [1.82, 2.24) is 10.4 Å². The monoisotopic (exact) mass is 445 g/mol. The molecule has 2 aromatic rings. The Labute approximate surface area is 185 Å². The largest absolute Gasteiger partial charge is 0.497 e. The molecule has 1 heterocycles. The lowest BCUT2D eigenvalue weighted by Crippen LogP contribution is -2.63. The number of β-lactam (4-membered cyclic amide) rings is 1. The zero-order chi connectivity index (χ0) is 22.7. The molecule has 0 aromatic heterocycles. The van der Waals surface area contributed by atoms with Crippen molar-refractivity contribution in [2.24, 2.45) is 5.18 Å². The van der Waals surface area contributed by atoms with Crippen LogP contribution in [0, 0.1) is 11.8 Å². The quantitative estimate of drug-likeness (QED) is 0.374. The van der Waals surface area contributed by atoms with E-state index in [1.165, 1.54) is 5.01 Å². The first-order valence-electron chi connectivity index (χ1n) is 9.78. The molecule has 9 heteroatoms. The normalized spacial score (nSPS) is 17.9. The number of ether oxygens (including phenoxy) is 2. The molecule has 2 amide bonds. The van der Waals surface area contributed by atoms with E-state index < -0.39 is 23.2 Å². The molecule has 3 rings (SSSR count). The van der Waals surface area contributed by atoms with Gasteiger partial charge in [0.15, 0.2) is 6.61 Å². The Hall–Kier alpha value is -3.13. The van der Waals surface area contributed by atoms with Crippen molar-refractivity contribution in [1.29, 1.82) is 0 Å². The fourth-order valence-corrected chi connectivity index (χ4v) is 3.73. The van der Waals surface area contributed by atoms with Crippen molar-refractivity contribution in [2.45, 2.75) is 38.1 Å². The average molecular weight is 446 g/mol. The van der Waals surface area contributed by atoms with E-state index in [1.807, 2.05) is 13.8 Å². The van der Waals surface area contributed by atoms with E-state index in [4.69, 9.17) is 21.1 Å². The minimum atomic E-state index is -0.770. The van der Waals surface area contributed by atoms with Crippen molar-refractivity contribution in [3.63, 3.8) is 0 Å². The first-order valence-corrected chi connectivity index (χ1v) is 10.2. The van der Waals surface area contributed by atoms with E-state index in [0.717, 1.165) is 11.1 Å². The Morgan fingerprint density at radius 1 is 1.26 bits per heavy atom. The lowest BCUT2D eigenvalue weighted by molar-refractivity contribution is -0.157. The van der Waals surface area contributed by atoms with Crippen molar-refractivity contribution in [3.8, 4) is 11.5 Å². The van der Waals surface area contributed by atoms with Crippen LogP contribution in [0.3, 0.4) is 0 Å². The summed E-state index contributed by atoms with van der Waals surface area (Å²) in [5.41, 5.74) is 5.09. The maximum Gasteiger partial charge on any atom is 0.276 e. The number of hydrazine groups is 1. The van der Waals surface area contributed by atoms with Gasteiger partial charge in [0.2, 0.25) is 0 Å². The topological polar surface area (TPSA) is 97.3 Å². The number of carbonyl (C=O) groups excluding carboxylic acids is 2. The van der Waals surface area contributed by atoms with Crippen LogP contribution in [0.2, 0.25) is 0 Å². The van der Waals surface area contributed by atoms with Crippen LogP contribution >= 0.6 is 11.6 Å². The van der Waals surface area contributed by atoms with E-state index in [9.17, 15) is 14.5 Å². The molecule has 1 aliphatic rings. The summed E-state index contributed by atoms with van der Waals surface area (Å²) in [6, 6.07) is 9.97. The van der Waals surface area contributed by atoms with Crippen molar-refractivity contribution in [2.75, 3.05) is 13.7 Å². The number of nitrogens with one attached hydrogen (secondary N) is 1. The Morgan fingerprint density at radius 2 is 1.94 bits per heavy atom. The number of halogens is 1. The number of carbonyl (C=O) groups is 2. The van der Waals surface area contributed by atoms with Crippen LogP contribution in [0.15, 0.2) is 41.6 Å². The number of methoxy groups -OCH3 is 1. The number of aryl methyl sites for hydroxylation is 1. The van der Waals surface area contributed by atoms with Gasteiger partial charge in [0, 0.05) is 0 Å². The zero-order valence-electron chi connectivity index (χ0n) is 17.7. The predicted octanol–water partition coefficient (Wildman–Crippen LogP) is 4.13. The Bertz CT molecular complexity index is 993. The standard InChI is InChI=1S/C22H24ClN3O5/c1-12(2)16-10-17(25-29)13(3)9-18(16)31-11-19(27)24-26-21(20(23)22(26)28)14-5-7-15(30-4)8-6-14/h5-10,12,20-21H,11H2,1-4H3,(H,24,27). The third-order valence-corrected chi connectivity index (χ3v) is 5.56. The maximum absolute atomic E-state index is 12.5. The summed E-state index contributed by atoms with van der Waals surface area (Å²) in [5, 5.41) is 3.46. The first-order chi connectivity index (χ1) is 14.8. The predicted molar refractivity (Wildman–Crippen MR) is 117 cm³/mol. The SMILES string of the molecule is COc1ccc(C2C(Cl)C(=O)N2NC(=O)COc2cc(C)c(N=O)cc2C(C)C)cc1. The van der Waals surface area contributed by atoms with Gasteiger partial charge in [-0.3, -0.25) is 15.0 Å². The van der Waals surface area contributed by atoms with E-state index in [2.05, 4.69) is 10.6 Å². The van der Waals surface area contributed by atoms with Crippen molar-refractivity contribution < 1.29 is 19.1 Å². The van der Waals surface area contributed by atoms with E-state index in [1.54, 1.807) is 50.4 Å². The van der Waals surface area contributed by atoms with Crippen LogP contribution in [0.25, 0.3) is 0 Å². The van der Waals surface area contributed by atoms with Gasteiger partial charge in [0.05, 0.1) is 7.11 Å². The summed E-state index contributed by atoms with van der Waals surface area (Å²) in [4.78, 5) is 35.7. The van der Waals surface area contributed by atoms with Gasteiger partial charge in [-0.2, -0.15) is 0 Å². The molecule has 2 unspecified atom stereocenters. The molecule has 0 aliphatic carbocycles. The van der Waals surface area contributed by atoms with Gasteiger partial charge in [-0.15, -0.1) is 16.5 Å². The molecule has 0 radical (unpaired) electrons. The summed E-state index contributed by atoms with van der Waals surface area (Å²) >= 11 is 6.19. The molecule has 2 aromatic carbocycles. The number of alkyl halides is 1. The third kappa shape index (κ3) is 4.64. The molecular weight excluding hydrogens is 422 g/mol. The first kappa shape index (κ1) is 22.6. The summed E-state index contributed by atoms with van der Waals surface area (Å²) in [6.45, 7) is 5.33. The molecule has 0 saturated carbocycles. The molecule has 8 nitrogen and oxygen atoms in total. The molecule has 164 valence electrons. The molecule has 1 N–H and O–H groups in total. The number of hydrogen-bond donors (Lipinski definition) is 1. The van der Waals surface area contributed by atoms with Gasteiger partial charge in [-0.1, -0.05) is 26.0 Å². The lowest BCUT2D eigenvalue weighted by Gasteiger charge is -2.43. The highest BCUT2D eigenvalue weighted by Crippen LogP contribution is 2.38. The van der Waals surface area contributed by atoms with Crippen molar-refractivity contribution >= 4 is 29.1 Å². The van der Waals surface area contributed by atoms with Crippen LogP contribution in [0.1, 0.15) is 42.5 Å². The molecule has 1 saturated heterocycles. The summed E-state index contributed by atoms with van der Waals surface area (Å²) < 4.78 is 10.8. The van der Waals surface area contributed by atoms with Gasteiger partial charge in [0.1, 0.15) is 28.6 Å². The number of amides is 2. The number of nitrogens with zero attached hydrogens (tertiary/aromatic N) is 2. The lowest BCUT2D eigenvalue weighted by atomic mass is 9.95. The minimum absolute atomic E-state index is 0.0626. The molecular formula is C22H24ClN3O5. The van der Waals surface area contributed by atoms with E-state index >= 15 is 0 Å². The Morgan fingerprint density at radius 3 is 2.52 bits per heavy atom. The van der Waals surface area contributed by atoms with Gasteiger partial charge in [-0.25, -0.2) is 5.01 Å². The summed E-state index contributed by atoms with van der Waals surface area (Å²) in [7, 11) is 1.56. The second-order valence-electron chi connectivity index (χ2n) is 7.57. The van der Waals surface area contributed by atoms with Crippen LogP contribution in [0.4, 0.5) is 5.69 Å². The van der Waals surface area contributed by atoms with Crippen molar-refractivity contribution in [3.05, 3.63) is 58.0 Å². The van der Waals surface area contributed by atoms with E-state index in [0.29, 0.717) is 22.7 Å². The second kappa shape index (κ2) is 9.34. The van der Waals surface area contributed by atoms with Gasteiger partial charge >= 0.3 is 0 Å². The average Bonchev–Trinajstić information content (AvgIpc) is 2.77. The number of hydrogen-bond acceptors (Lipinski definition) is 6. The number of nitroso groups, excluding NO2 is 1. The molecule has 1 fully saturated rings. The molecule has 0 spiro atoms. The van der Waals surface area contributed by atoms with Crippen LogP contribution < -0.4 is 14.9 Å². The highest BCUT2D eigenvalue weighted by molar-refractivity contribution is 6.33.